The number of rotatable bonds is 5. The van der Waals surface area contributed by atoms with Crippen molar-refractivity contribution in [3.63, 3.8) is 0 Å². The summed E-state index contributed by atoms with van der Waals surface area (Å²) in [5.41, 5.74) is 5.68. The molecular weight excluding hydrogens is 206 g/mol. The van der Waals surface area contributed by atoms with E-state index in [1.54, 1.807) is 0 Å². The molecule has 0 fully saturated rings. The Hall–Kier alpha value is -1.26. The summed E-state index contributed by atoms with van der Waals surface area (Å²) in [6.45, 7) is 8.59. The average molecular weight is 229 g/mol. The molecule has 0 aliphatic carbocycles. The molecule has 0 aromatic heterocycles. The highest BCUT2D eigenvalue weighted by molar-refractivity contribution is 5.85. The number of aliphatic imine (C=N–C) groups is 1. The van der Waals surface area contributed by atoms with Gasteiger partial charge < -0.3 is 15.8 Å². The van der Waals surface area contributed by atoms with Crippen molar-refractivity contribution in [1.29, 1.82) is 0 Å². The first-order valence-corrected chi connectivity index (χ1v) is 5.52. The number of methoxy groups -OCH3 is 1. The number of nitrogens with one attached hydrogen (secondary N) is 1. The fourth-order valence-electron chi connectivity index (χ4n) is 1.11. The maximum Gasteiger partial charge on any atom is 0.328 e. The van der Waals surface area contributed by atoms with Crippen LogP contribution in [0.1, 0.15) is 27.7 Å². The summed E-state index contributed by atoms with van der Waals surface area (Å²) < 4.78 is 4.69. The highest BCUT2D eigenvalue weighted by Crippen LogP contribution is 2.03. The lowest BCUT2D eigenvalue weighted by molar-refractivity contribution is -0.143. The summed E-state index contributed by atoms with van der Waals surface area (Å²) >= 11 is 0. The second-order valence-corrected chi connectivity index (χ2v) is 4.51. The van der Waals surface area contributed by atoms with Crippen molar-refractivity contribution in [3.05, 3.63) is 0 Å². The molecular formula is C11H23N3O2. The molecule has 94 valence electrons. The Morgan fingerprint density at radius 2 is 1.94 bits per heavy atom. The van der Waals surface area contributed by atoms with Crippen LogP contribution in [0.3, 0.4) is 0 Å². The van der Waals surface area contributed by atoms with Crippen LogP contribution in [0.15, 0.2) is 4.99 Å². The molecule has 3 N–H and O–H groups in total. The van der Waals surface area contributed by atoms with Crippen LogP contribution < -0.4 is 11.1 Å². The third-order valence-corrected chi connectivity index (χ3v) is 2.05. The van der Waals surface area contributed by atoms with Crippen LogP contribution in [0.2, 0.25) is 0 Å². The van der Waals surface area contributed by atoms with Crippen molar-refractivity contribution in [1.82, 2.24) is 5.32 Å². The zero-order chi connectivity index (χ0) is 12.7. The van der Waals surface area contributed by atoms with E-state index in [0.717, 1.165) is 0 Å². The van der Waals surface area contributed by atoms with E-state index in [4.69, 9.17) is 5.73 Å². The van der Waals surface area contributed by atoms with Crippen molar-refractivity contribution in [2.75, 3.05) is 13.7 Å². The largest absolute Gasteiger partial charge is 0.467 e. The topological polar surface area (TPSA) is 76.7 Å². The molecule has 0 rings (SSSR count). The number of nitrogens with zero attached hydrogens (tertiary/aromatic N) is 1. The Kier molecular flexibility index (Phi) is 6.53. The molecule has 0 aromatic carbocycles. The lowest BCUT2D eigenvalue weighted by Gasteiger charge is -2.20. The molecule has 0 aromatic rings. The Bertz CT molecular complexity index is 250. The van der Waals surface area contributed by atoms with Crippen LogP contribution in [0.4, 0.5) is 0 Å². The number of ether oxygens (including phenoxy) is 1. The van der Waals surface area contributed by atoms with Gasteiger partial charge in [0.15, 0.2) is 5.96 Å². The molecule has 0 spiro atoms. The zero-order valence-corrected chi connectivity index (χ0v) is 10.8. The molecule has 0 aliphatic rings. The van der Waals surface area contributed by atoms with Crippen LogP contribution >= 0.6 is 0 Å². The Labute approximate surface area is 97.4 Å². The highest BCUT2D eigenvalue weighted by Gasteiger charge is 2.23. The van der Waals surface area contributed by atoms with Crippen LogP contribution in [0.25, 0.3) is 0 Å². The number of nitrogens with two attached hydrogens (primary N) is 1. The van der Waals surface area contributed by atoms with Gasteiger partial charge in [0, 0.05) is 6.54 Å². The van der Waals surface area contributed by atoms with Gasteiger partial charge >= 0.3 is 5.97 Å². The fraction of sp³-hybridized carbons (Fsp3) is 0.818. The molecule has 0 aliphatic heterocycles. The zero-order valence-electron chi connectivity index (χ0n) is 10.8. The normalized spacial score (nSPS) is 14.1. The Balaban J connectivity index is 4.40. The molecule has 5 nitrogen and oxygen atoms in total. The lowest BCUT2D eigenvalue weighted by Crippen LogP contribution is -2.48. The number of esters is 1. The summed E-state index contributed by atoms with van der Waals surface area (Å²) in [4.78, 5) is 15.6. The van der Waals surface area contributed by atoms with Crippen LogP contribution in [-0.2, 0) is 9.53 Å². The van der Waals surface area contributed by atoms with E-state index < -0.39 is 6.04 Å². The van der Waals surface area contributed by atoms with E-state index in [-0.39, 0.29) is 17.8 Å². The van der Waals surface area contributed by atoms with E-state index in [1.807, 2.05) is 13.8 Å². The predicted octanol–water partition coefficient (Wildman–Crippen LogP) is 0.744. The van der Waals surface area contributed by atoms with Gasteiger partial charge in [-0.25, -0.2) is 4.79 Å². The van der Waals surface area contributed by atoms with E-state index in [1.165, 1.54) is 7.11 Å². The molecule has 0 heterocycles. The maximum atomic E-state index is 11.4. The van der Waals surface area contributed by atoms with Gasteiger partial charge in [-0.15, -0.1) is 0 Å². The van der Waals surface area contributed by atoms with Crippen molar-refractivity contribution >= 4 is 11.9 Å². The summed E-state index contributed by atoms with van der Waals surface area (Å²) in [6, 6.07) is -0.444. The quantitative estimate of drug-likeness (QED) is 0.414. The monoisotopic (exact) mass is 229 g/mol. The van der Waals surface area contributed by atoms with Crippen molar-refractivity contribution in [2.45, 2.75) is 33.7 Å². The van der Waals surface area contributed by atoms with Gasteiger partial charge in [-0.05, 0) is 11.8 Å². The summed E-state index contributed by atoms with van der Waals surface area (Å²) in [6.07, 6.45) is 0. The molecule has 5 heteroatoms. The molecule has 0 bridgehead atoms. The van der Waals surface area contributed by atoms with Gasteiger partial charge in [-0.3, -0.25) is 4.99 Å². The van der Waals surface area contributed by atoms with Crippen molar-refractivity contribution < 1.29 is 9.53 Å². The third kappa shape index (κ3) is 5.58. The van der Waals surface area contributed by atoms with Gasteiger partial charge in [0.1, 0.15) is 6.04 Å². The number of carbonyl (C=O) groups is 1. The van der Waals surface area contributed by atoms with E-state index in [9.17, 15) is 4.79 Å². The predicted molar refractivity (Wildman–Crippen MR) is 65.1 cm³/mol. The third-order valence-electron chi connectivity index (χ3n) is 2.05. The van der Waals surface area contributed by atoms with Crippen LogP contribution in [0, 0.1) is 11.8 Å². The van der Waals surface area contributed by atoms with Gasteiger partial charge in [-0.2, -0.15) is 0 Å². The maximum absolute atomic E-state index is 11.4. The lowest BCUT2D eigenvalue weighted by atomic mass is 10.1. The SMILES string of the molecule is COC(=O)C(NC(N)=NCC(C)C)C(C)C. The van der Waals surface area contributed by atoms with E-state index in [2.05, 4.69) is 28.9 Å². The second-order valence-electron chi connectivity index (χ2n) is 4.51. The molecule has 0 amide bonds. The van der Waals surface area contributed by atoms with Gasteiger partial charge in [-0.1, -0.05) is 27.7 Å². The number of carbonyl (C=O) groups excluding carboxylic acids is 1. The molecule has 1 atom stereocenters. The molecule has 0 radical (unpaired) electrons. The van der Waals surface area contributed by atoms with E-state index in [0.29, 0.717) is 12.5 Å². The fourth-order valence-corrected chi connectivity index (χ4v) is 1.11. The standard InChI is InChI=1S/C11H23N3O2/c1-7(2)6-13-11(12)14-9(8(3)4)10(15)16-5/h7-9H,6H2,1-5H3,(H3,12,13,14). The first kappa shape index (κ1) is 14.7. The average Bonchev–Trinajstić information content (AvgIpc) is 2.21. The molecule has 0 saturated heterocycles. The smallest absolute Gasteiger partial charge is 0.328 e. The minimum atomic E-state index is -0.444. The number of hydrogen-bond acceptors (Lipinski definition) is 3. The Morgan fingerprint density at radius 1 is 1.38 bits per heavy atom. The second kappa shape index (κ2) is 7.09. The summed E-state index contributed by atoms with van der Waals surface area (Å²) in [7, 11) is 1.36. The minimum Gasteiger partial charge on any atom is -0.467 e. The summed E-state index contributed by atoms with van der Waals surface area (Å²) in [5, 5.41) is 2.88. The Morgan fingerprint density at radius 3 is 2.31 bits per heavy atom. The van der Waals surface area contributed by atoms with Gasteiger partial charge in [0.05, 0.1) is 7.11 Å². The number of guanidine groups is 1. The van der Waals surface area contributed by atoms with Crippen LogP contribution in [0.5, 0.6) is 0 Å². The van der Waals surface area contributed by atoms with E-state index >= 15 is 0 Å². The van der Waals surface area contributed by atoms with Gasteiger partial charge in [0.25, 0.3) is 0 Å². The van der Waals surface area contributed by atoms with Crippen molar-refractivity contribution in [2.24, 2.45) is 22.6 Å². The van der Waals surface area contributed by atoms with Crippen molar-refractivity contribution in [3.8, 4) is 0 Å². The summed E-state index contributed by atoms with van der Waals surface area (Å²) in [5.74, 6) is 0.506. The molecule has 1 unspecified atom stereocenters. The molecule has 16 heavy (non-hydrogen) atoms. The number of hydrogen-bond donors (Lipinski definition) is 2. The van der Waals surface area contributed by atoms with Gasteiger partial charge in [0.2, 0.25) is 0 Å². The minimum absolute atomic E-state index is 0.0975. The molecule has 0 saturated carbocycles. The highest BCUT2D eigenvalue weighted by atomic mass is 16.5. The first-order valence-electron chi connectivity index (χ1n) is 5.52. The van der Waals surface area contributed by atoms with Crippen LogP contribution in [-0.4, -0.2) is 31.6 Å². The first-order chi connectivity index (χ1) is 7.38.